The van der Waals surface area contributed by atoms with Crippen LogP contribution in [0.5, 0.6) is 0 Å². The van der Waals surface area contributed by atoms with Crippen molar-refractivity contribution in [2.24, 2.45) is 0 Å². The van der Waals surface area contributed by atoms with E-state index >= 15 is 0 Å². The Morgan fingerprint density at radius 3 is 2.93 bits per heavy atom. The summed E-state index contributed by atoms with van der Waals surface area (Å²) >= 11 is 0. The zero-order valence-electron chi connectivity index (χ0n) is 8.65. The Kier molecular flexibility index (Phi) is 3.16. The van der Waals surface area contributed by atoms with E-state index in [0.29, 0.717) is 0 Å². The number of ether oxygens (including phenoxy) is 1. The molecular formula is C10H17N3O. The van der Waals surface area contributed by atoms with Crippen LogP contribution in [-0.4, -0.2) is 40.8 Å². The monoisotopic (exact) mass is 195 g/mol. The summed E-state index contributed by atoms with van der Waals surface area (Å²) in [5.41, 5.74) is 0. The summed E-state index contributed by atoms with van der Waals surface area (Å²) in [4.78, 5) is 6.75. The van der Waals surface area contributed by atoms with Crippen LogP contribution in [0.2, 0.25) is 0 Å². The van der Waals surface area contributed by atoms with E-state index in [4.69, 9.17) is 4.74 Å². The molecule has 1 fully saturated rings. The Hall–Kier alpha value is -0.870. The van der Waals surface area contributed by atoms with Gasteiger partial charge in [-0.05, 0) is 6.92 Å². The topological polar surface area (TPSA) is 30.3 Å². The molecule has 2 rings (SSSR count). The lowest BCUT2D eigenvalue weighted by Gasteiger charge is -2.26. The van der Waals surface area contributed by atoms with E-state index in [1.54, 1.807) is 0 Å². The molecule has 2 heterocycles. The summed E-state index contributed by atoms with van der Waals surface area (Å²) in [7, 11) is 0. The minimum Gasteiger partial charge on any atom is -0.379 e. The molecule has 14 heavy (non-hydrogen) atoms. The Bertz CT molecular complexity index is 279. The molecule has 4 nitrogen and oxygen atoms in total. The first kappa shape index (κ1) is 9.68. The molecule has 78 valence electrons. The summed E-state index contributed by atoms with van der Waals surface area (Å²) in [5, 5.41) is 0. The largest absolute Gasteiger partial charge is 0.379 e. The Morgan fingerprint density at radius 1 is 1.43 bits per heavy atom. The second-order valence-electron chi connectivity index (χ2n) is 3.52. The van der Waals surface area contributed by atoms with E-state index < -0.39 is 0 Å². The standard InChI is InChI=1S/C10H17N3O/c1-2-13-4-3-11-10(13)9-12-5-7-14-8-6-12/h3-4H,2,5-9H2,1H3. The molecule has 1 saturated heterocycles. The smallest absolute Gasteiger partial charge is 0.122 e. The lowest BCUT2D eigenvalue weighted by Crippen LogP contribution is -2.36. The van der Waals surface area contributed by atoms with Crippen LogP contribution < -0.4 is 0 Å². The molecule has 0 atom stereocenters. The van der Waals surface area contributed by atoms with Crippen molar-refractivity contribution in [1.29, 1.82) is 0 Å². The van der Waals surface area contributed by atoms with Crippen molar-refractivity contribution in [3.63, 3.8) is 0 Å². The molecule has 0 aliphatic carbocycles. The summed E-state index contributed by atoms with van der Waals surface area (Å²) in [6, 6.07) is 0. The maximum atomic E-state index is 5.31. The van der Waals surface area contributed by atoms with Gasteiger partial charge in [0.2, 0.25) is 0 Å². The normalized spacial score (nSPS) is 18.6. The third kappa shape index (κ3) is 2.13. The highest BCUT2D eigenvalue weighted by molar-refractivity contribution is 4.92. The zero-order valence-corrected chi connectivity index (χ0v) is 8.65. The average Bonchev–Trinajstić information content (AvgIpc) is 2.67. The van der Waals surface area contributed by atoms with Gasteiger partial charge in [-0.15, -0.1) is 0 Å². The first-order chi connectivity index (χ1) is 6.90. The van der Waals surface area contributed by atoms with Gasteiger partial charge in [-0.25, -0.2) is 4.98 Å². The van der Waals surface area contributed by atoms with E-state index in [9.17, 15) is 0 Å². The minimum absolute atomic E-state index is 0.854. The molecule has 4 heteroatoms. The van der Waals surface area contributed by atoms with Crippen LogP contribution in [0.4, 0.5) is 0 Å². The fourth-order valence-electron chi connectivity index (χ4n) is 1.74. The highest BCUT2D eigenvalue weighted by Gasteiger charge is 2.12. The summed E-state index contributed by atoms with van der Waals surface area (Å²) in [6.07, 6.45) is 3.91. The predicted molar refractivity (Wildman–Crippen MR) is 54.0 cm³/mol. The average molecular weight is 195 g/mol. The second-order valence-corrected chi connectivity index (χ2v) is 3.52. The van der Waals surface area contributed by atoms with Crippen LogP contribution in [0.25, 0.3) is 0 Å². The Balaban J connectivity index is 1.95. The van der Waals surface area contributed by atoms with Crippen LogP contribution in [0.1, 0.15) is 12.7 Å². The van der Waals surface area contributed by atoms with Crippen molar-refractivity contribution in [3.8, 4) is 0 Å². The Labute approximate surface area is 84.5 Å². The first-order valence-electron chi connectivity index (χ1n) is 5.20. The van der Waals surface area contributed by atoms with Crippen molar-refractivity contribution in [2.75, 3.05) is 26.3 Å². The van der Waals surface area contributed by atoms with Gasteiger partial charge >= 0.3 is 0 Å². The van der Waals surface area contributed by atoms with Crippen molar-refractivity contribution < 1.29 is 4.74 Å². The molecule has 1 aromatic heterocycles. The molecule has 1 aromatic rings. The maximum Gasteiger partial charge on any atom is 0.122 e. The lowest BCUT2D eigenvalue weighted by molar-refractivity contribution is 0.0326. The third-order valence-corrected chi connectivity index (χ3v) is 2.61. The van der Waals surface area contributed by atoms with E-state index in [1.165, 1.54) is 0 Å². The van der Waals surface area contributed by atoms with E-state index in [2.05, 4.69) is 21.4 Å². The molecule has 0 saturated carbocycles. The third-order valence-electron chi connectivity index (χ3n) is 2.61. The summed E-state index contributed by atoms with van der Waals surface area (Å²) in [5.74, 6) is 1.16. The number of nitrogens with zero attached hydrogens (tertiary/aromatic N) is 3. The van der Waals surface area contributed by atoms with Crippen molar-refractivity contribution in [1.82, 2.24) is 14.5 Å². The number of rotatable bonds is 3. The molecule has 1 aliphatic heterocycles. The molecule has 1 aliphatic rings. The van der Waals surface area contributed by atoms with Crippen molar-refractivity contribution in [2.45, 2.75) is 20.0 Å². The number of imidazole rings is 1. The highest BCUT2D eigenvalue weighted by atomic mass is 16.5. The van der Waals surface area contributed by atoms with Crippen LogP contribution in [0, 0.1) is 0 Å². The van der Waals surface area contributed by atoms with Gasteiger partial charge in [-0.2, -0.15) is 0 Å². The van der Waals surface area contributed by atoms with Crippen LogP contribution in [-0.2, 0) is 17.8 Å². The maximum absolute atomic E-state index is 5.31. The highest BCUT2D eigenvalue weighted by Crippen LogP contribution is 2.05. The number of hydrogen-bond acceptors (Lipinski definition) is 3. The van der Waals surface area contributed by atoms with Gasteiger partial charge in [0.25, 0.3) is 0 Å². The van der Waals surface area contributed by atoms with Gasteiger partial charge in [0, 0.05) is 32.0 Å². The minimum atomic E-state index is 0.854. The number of aryl methyl sites for hydroxylation is 1. The molecule has 0 N–H and O–H groups in total. The molecule has 0 aromatic carbocycles. The number of hydrogen-bond donors (Lipinski definition) is 0. The van der Waals surface area contributed by atoms with E-state index in [0.717, 1.165) is 45.2 Å². The van der Waals surface area contributed by atoms with E-state index in [-0.39, 0.29) is 0 Å². The fraction of sp³-hybridized carbons (Fsp3) is 0.700. The van der Waals surface area contributed by atoms with Gasteiger partial charge in [0.15, 0.2) is 0 Å². The molecule has 0 radical (unpaired) electrons. The predicted octanol–water partition coefficient (Wildman–Crippen LogP) is 0.735. The summed E-state index contributed by atoms with van der Waals surface area (Å²) in [6.45, 7) is 7.85. The van der Waals surface area contributed by atoms with Crippen molar-refractivity contribution in [3.05, 3.63) is 18.2 Å². The number of morpholine rings is 1. The molecule has 0 spiro atoms. The van der Waals surface area contributed by atoms with Crippen LogP contribution in [0.15, 0.2) is 12.4 Å². The zero-order chi connectivity index (χ0) is 9.80. The first-order valence-corrected chi connectivity index (χ1v) is 5.20. The number of aromatic nitrogens is 2. The Morgan fingerprint density at radius 2 is 2.21 bits per heavy atom. The van der Waals surface area contributed by atoms with Gasteiger partial charge in [-0.1, -0.05) is 0 Å². The molecule has 0 bridgehead atoms. The van der Waals surface area contributed by atoms with Crippen LogP contribution in [0.3, 0.4) is 0 Å². The summed E-state index contributed by atoms with van der Waals surface area (Å²) < 4.78 is 7.50. The molecular weight excluding hydrogens is 178 g/mol. The molecule has 0 amide bonds. The fourth-order valence-corrected chi connectivity index (χ4v) is 1.74. The van der Waals surface area contributed by atoms with Gasteiger partial charge in [0.05, 0.1) is 19.8 Å². The van der Waals surface area contributed by atoms with Gasteiger partial charge < -0.3 is 9.30 Å². The lowest BCUT2D eigenvalue weighted by atomic mass is 10.4. The van der Waals surface area contributed by atoms with Gasteiger partial charge in [-0.3, -0.25) is 4.90 Å². The quantitative estimate of drug-likeness (QED) is 0.712. The molecule has 0 unspecified atom stereocenters. The SMILES string of the molecule is CCn1ccnc1CN1CCOCC1. The second kappa shape index (κ2) is 4.57. The van der Waals surface area contributed by atoms with Gasteiger partial charge in [0.1, 0.15) is 5.82 Å². The van der Waals surface area contributed by atoms with E-state index in [1.807, 2.05) is 12.4 Å². The van der Waals surface area contributed by atoms with Crippen LogP contribution >= 0.6 is 0 Å². The van der Waals surface area contributed by atoms with Crippen molar-refractivity contribution >= 4 is 0 Å².